The quantitative estimate of drug-likeness (QED) is 0.875. The molecule has 0 bridgehead atoms. The highest BCUT2D eigenvalue weighted by Crippen LogP contribution is 2.49. The van der Waals surface area contributed by atoms with Crippen molar-refractivity contribution in [1.29, 1.82) is 0 Å². The number of nitrogens with zero attached hydrogens (tertiary/aromatic N) is 1. The van der Waals surface area contributed by atoms with Gasteiger partial charge >= 0.3 is 5.97 Å². The summed E-state index contributed by atoms with van der Waals surface area (Å²) in [6.07, 6.45) is 0.440. The normalized spacial score (nSPS) is 25.0. The molecule has 0 aliphatic carbocycles. The number of carbonyl (C=O) groups excluding carboxylic acids is 2. The van der Waals surface area contributed by atoms with E-state index in [0.29, 0.717) is 19.5 Å². The van der Waals surface area contributed by atoms with Crippen molar-refractivity contribution in [3.8, 4) is 0 Å². The van der Waals surface area contributed by atoms with Gasteiger partial charge in [-0.15, -0.1) is 0 Å². The third-order valence-electron chi connectivity index (χ3n) is 5.27. The van der Waals surface area contributed by atoms with Gasteiger partial charge in [-0.3, -0.25) is 14.5 Å². The maximum Gasteiger partial charge on any atom is 0.310 e. The van der Waals surface area contributed by atoms with Crippen LogP contribution in [0.2, 0.25) is 0 Å². The van der Waals surface area contributed by atoms with Gasteiger partial charge in [0, 0.05) is 24.3 Å². The molecule has 0 unspecified atom stereocenters. The molecular weight excluding hydrogens is 316 g/mol. The van der Waals surface area contributed by atoms with Crippen LogP contribution in [-0.4, -0.2) is 30.4 Å². The maximum absolute atomic E-state index is 13.0. The van der Waals surface area contributed by atoms with E-state index in [2.05, 4.69) is 10.2 Å². The van der Waals surface area contributed by atoms with Crippen molar-refractivity contribution in [3.05, 3.63) is 65.7 Å². The SMILES string of the molecule is COC(=O)[C@H]1CN(Cc2ccccc2)[C@@]2(C1)C(=O)Nc1ccccc12. The van der Waals surface area contributed by atoms with Gasteiger partial charge in [-0.1, -0.05) is 48.5 Å². The molecule has 1 fully saturated rings. The van der Waals surface area contributed by atoms with Crippen molar-refractivity contribution in [1.82, 2.24) is 4.90 Å². The third kappa shape index (κ3) is 2.43. The van der Waals surface area contributed by atoms with E-state index in [-0.39, 0.29) is 17.8 Å². The number of esters is 1. The predicted octanol–water partition coefficient (Wildman–Crippen LogP) is 2.53. The standard InChI is InChI=1S/C20H20N2O3/c1-25-18(23)15-11-20(16-9-5-6-10-17(16)21-19(20)24)22(13-15)12-14-7-3-2-4-8-14/h2-10,15H,11-13H2,1H3,(H,21,24)/t15-,20-/m1/s1. The Morgan fingerprint density at radius 2 is 1.92 bits per heavy atom. The minimum absolute atomic E-state index is 0.0592. The molecule has 2 atom stereocenters. The van der Waals surface area contributed by atoms with Gasteiger partial charge in [0.05, 0.1) is 13.0 Å². The molecule has 1 saturated heterocycles. The topological polar surface area (TPSA) is 58.6 Å². The van der Waals surface area contributed by atoms with Crippen molar-refractivity contribution >= 4 is 17.6 Å². The minimum Gasteiger partial charge on any atom is -0.469 e. The number of amides is 1. The Morgan fingerprint density at radius 3 is 2.68 bits per heavy atom. The highest BCUT2D eigenvalue weighted by atomic mass is 16.5. The Morgan fingerprint density at radius 1 is 1.20 bits per heavy atom. The molecule has 5 nitrogen and oxygen atoms in total. The van der Waals surface area contributed by atoms with Gasteiger partial charge < -0.3 is 10.1 Å². The van der Waals surface area contributed by atoms with Gasteiger partial charge in [0.1, 0.15) is 5.54 Å². The summed E-state index contributed by atoms with van der Waals surface area (Å²) in [6, 6.07) is 17.8. The first-order chi connectivity index (χ1) is 12.1. The molecule has 5 heteroatoms. The van der Waals surface area contributed by atoms with Gasteiger partial charge in [-0.2, -0.15) is 0 Å². The Hall–Kier alpha value is -2.66. The van der Waals surface area contributed by atoms with E-state index in [1.165, 1.54) is 7.11 Å². The maximum atomic E-state index is 13.0. The fourth-order valence-corrected chi connectivity index (χ4v) is 4.12. The average Bonchev–Trinajstić information content (AvgIpc) is 3.15. The van der Waals surface area contributed by atoms with Crippen molar-refractivity contribution in [2.75, 3.05) is 19.0 Å². The van der Waals surface area contributed by atoms with Crippen LogP contribution in [0.25, 0.3) is 0 Å². The van der Waals surface area contributed by atoms with Crippen LogP contribution in [0, 0.1) is 5.92 Å². The van der Waals surface area contributed by atoms with E-state index in [9.17, 15) is 9.59 Å². The first kappa shape index (κ1) is 15.8. The molecular formula is C20H20N2O3. The highest BCUT2D eigenvalue weighted by molar-refractivity contribution is 6.06. The molecule has 0 saturated carbocycles. The summed E-state index contributed by atoms with van der Waals surface area (Å²) >= 11 is 0. The number of nitrogens with one attached hydrogen (secondary N) is 1. The van der Waals surface area contributed by atoms with Crippen molar-refractivity contribution in [2.45, 2.75) is 18.5 Å². The molecule has 0 radical (unpaired) electrons. The summed E-state index contributed by atoms with van der Waals surface area (Å²) in [4.78, 5) is 27.3. The third-order valence-corrected chi connectivity index (χ3v) is 5.27. The van der Waals surface area contributed by atoms with Gasteiger partial charge in [-0.25, -0.2) is 0 Å². The van der Waals surface area contributed by atoms with Crippen LogP contribution in [0.4, 0.5) is 5.69 Å². The molecule has 2 aromatic carbocycles. The van der Waals surface area contributed by atoms with Gasteiger partial charge in [0.25, 0.3) is 0 Å². The lowest BCUT2D eigenvalue weighted by Crippen LogP contribution is -2.46. The first-order valence-corrected chi connectivity index (χ1v) is 8.43. The molecule has 1 N–H and O–H groups in total. The highest BCUT2D eigenvalue weighted by Gasteiger charge is 2.57. The number of likely N-dealkylation sites (tertiary alicyclic amines) is 1. The van der Waals surface area contributed by atoms with Crippen LogP contribution in [0.5, 0.6) is 0 Å². The molecule has 128 valence electrons. The van der Waals surface area contributed by atoms with E-state index < -0.39 is 5.54 Å². The van der Waals surface area contributed by atoms with Crippen molar-refractivity contribution in [2.24, 2.45) is 5.92 Å². The van der Waals surface area contributed by atoms with E-state index in [4.69, 9.17) is 4.74 Å². The fraction of sp³-hybridized carbons (Fsp3) is 0.300. The summed E-state index contributed by atoms with van der Waals surface area (Å²) in [6.45, 7) is 1.11. The summed E-state index contributed by atoms with van der Waals surface area (Å²) in [5.41, 5.74) is 2.08. The lowest BCUT2D eigenvalue weighted by Gasteiger charge is -2.33. The number of ether oxygens (including phenoxy) is 1. The Balaban J connectivity index is 1.77. The van der Waals surface area contributed by atoms with Crippen LogP contribution < -0.4 is 5.32 Å². The average molecular weight is 336 g/mol. The Bertz CT molecular complexity index is 821. The van der Waals surface area contributed by atoms with E-state index in [1.807, 2.05) is 54.6 Å². The number of methoxy groups -OCH3 is 1. The molecule has 2 aliphatic heterocycles. The van der Waals surface area contributed by atoms with Crippen LogP contribution >= 0.6 is 0 Å². The van der Waals surface area contributed by atoms with Crippen LogP contribution in [-0.2, 0) is 26.4 Å². The van der Waals surface area contributed by atoms with Crippen LogP contribution in [0.1, 0.15) is 17.5 Å². The summed E-state index contributed by atoms with van der Waals surface area (Å²) < 4.78 is 4.96. The van der Waals surface area contributed by atoms with Crippen LogP contribution in [0.15, 0.2) is 54.6 Å². The Labute approximate surface area is 146 Å². The molecule has 2 heterocycles. The van der Waals surface area contributed by atoms with E-state index >= 15 is 0 Å². The van der Waals surface area contributed by atoms with E-state index in [1.54, 1.807) is 0 Å². The molecule has 2 aromatic rings. The number of anilines is 1. The van der Waals surface area contributed by atoms with Crippen molar-refractivity contribution < 1.29 is 14.3 Å². The molecule has 1 amide bonds. The number of carbonyl (C=O) groups is 2. The second-order valence-electron chi connectivity index (χ2n) is 6.65. The second kappa shape index (κ2) is 6.01. The number of rotatable bonds is 3. The van der Waals surface area contributed by atoms with Gasteiger partial charge in [-0.05, 0) is 18.1 Å². The molecule has 1 spiro atoms. The lowest BCUT2D eigenvalue weighted by atomic mass is 9.85. The van der Waals surface area contributed by atoms with E-state index in [0.717, 1.165) is 16.8 Å². The summed E-state index contributed by atoms with van der Waals surface area (Å²) in [5.74, 6) is -0.631. The van der Waals surface area contributed by atoms with Gasteiger partial charge in [0.2, 0.25) is 5.91 Å². The smallest absolute Gasteiger partial charge is 0.310 e. The fourth-order valence-electron chi connectivity index (χ4n) is 4.12. The van der Waals surface area contributed by atoms with Gasteiger partial charge in [0.15, 0.2) is 0 Å². The first-order valence-electron chi connectivity index (χ1n) is 8.43. The van der Waals surface area contributed by atoms with Crippen molar-refractivity contribution in [3.63, 3.8) is 0 Å². The molecule has 4 rings (SSSR count). The zero-order valence-electron chi connectivity index (χ0n) is 14.1. The predicted molar refractivity (Wildman–Crippen MR) is 93.7 cm³/mol. The number of para-hydroxylation sites is 1. The monoisotopic (exact) mass is 336 g/mol. The zero-order valence-corrected chi connectivity index (χ0v) is 14.1. The lowest BCUT2D eigenvalue weighted by molar-refractivity contribution is -0.145. The molecule has 25 heavy (non-hydrogen) atoms. The molecule has 2 aliphatic rings. The molecule has 0 aromatic heterocycles. The minimum atomic E-state index is -0.814. The Kier molecular flexibility index (Phi) is 3.81. The summed E-state index contributed by atoms with van der Waals surface area (Å²) in [7, 11) is 1.40. The zero-order chi connectivity index (χ0) is 17.4. The number of fused-ring (bicyclic) bond motifs is 2. The second-order valence-corrected chi connectivity index (χ2v) is 6.65. The number of benzene rings is 2. The van der Waals surface area contributed by atoms with Crippen LogP contribution in [0.3, 0.4) is 0 Å². The number of hydrogen-bond acceptors (Lipinski definition) is 4. The number of hydrogen-bond donors (Lipinski definition) is 1. The largest absolute Gasteiger partial charge is 0.469 e. The summed E-state index contributed by atoms with van der Waals surface area (Å²) in [5, 5.41) is 2.99.